The van der Waals surface area contributed by atoms with E-state index >= 15 is 0 Å². The highest BCUT2D eigenvalue weighted by atomic mass is 32.1. The van der Waals surface area contributed by atoms with Crippen LogP contribution in [0.2, 0.25) is 0 Å². The molecular formula is C26H27N3OS. The fraction of sp³-hybridized carbons (Fsp3) is 0.269. The van der Waals surface area contributed by atoms with E-state index in [0.717, 1.165) is 37.4 Å². The molecule has 5 heteroatoms. The summed E-state index contributed by atoms with van der Waals surface area (Å²) in [6.07, 6.45) is 0. The van der Waals surface area contributed by atoms with E-state index in [0.29, 0.717) is 6.54 Å². The van der Waals surface area contributed by atoms with E-state index in [2.05, 4.69) is 83.3 Å². The van der Waals surface area contributed by atoms with Crippen LogP contribution in [0.25, 0.3) is 10.2 Å². The van der Waals surface area contributed by atoms with E-state index in [1.807, 2.05) is 11.0 Å². The maximum atomic E-state index is 13.5. The second-order valence-corrected chi connectivity index (χ2v) is 9.22. The number of carbonyl (C=O) groups excluding carboxylic acids is 1. The molecule has 31 heavy (non-hydrogen) atoms. The van der Waals surface area contributed by atoms with Gasteiger partial charge in [0.2, 0.25) is 0 Å². The van der Waals surface area contributed by atoms with Crippen molar-refractivity contribution < 1.29 is 4.79 Å². The Morgan fingerprint density at radius 2 is 1.71 bits per heavy atom. The molecule has 0 spiro atoms. The van der Waals surface area contributed by atoms with Crippen LogP contribution in [0, 0.1) is 13.8 Å². The summed E-state index contributed by atoms with van der Waals surface area (Å²) in [5, 5.41) is 2.10. The summed E-state index contributed by atoms with van der Waals surface area (Å²) in [5.74, 6) is 0.139. The number of carbonyl (C=O) groups is 1. The Kier molecular flexibility index (Phi) is 5.28. The normalized spacial score (nSPS) is 14.4. The summed E-state index contributed by atoms with van der Waals surface area (Å²) in [6.45, 7) is 8.28. The molecule has 0 aliphatic carbocycles. The Balaban J connectivity index is 1.37. The van der Waals surface area contributed by atoms with Gasteiger partial charge in [-0.25, -0.2) is 0 Å². The second-order valence-electron chi connectivity index (χ2n) is 8.27. The van der Waals surface area contributed by atoms with E-state index in [9.17, 15) is 4.79 Å². The first-order valence-electron chi connectivity index (χ1n) is 10.8. The van der Waals surface area contributed by atoms with Crippen LogP contribution < -0.4 is 4.90 Å². The molecule has 5 rings (SSSR count). The number of fused-ring (bicyclic) bond motifs is 1. The molecule has 0 saturated carbocycles. The minimum absolute atomic E-state index is 0.139. The minimum Gasteiger partial charge on any atom is -0.368 e. The fourth-order valence-electron chi connectivity index (χ4n) is 4.48. The zero-order chi connectivity index (χ0) is 21.4. The molecule has 1 fully saturated rings. The molecule has 2 aromatic heterocycles. The number of hydrogen-bond acceptors (Lipinski definition) is 3. The summed E-state index contributed by atoms with van der Waals surface area (Å²) < 4.78 is 3.36. The highest BCUT2D eigenvalue weighted by Gasteiger charge is 2.26. The van der Waals surface area contributed by atoms with E-state index < -0.39 is 0 Å². The third-order valence-corrected chi connectivity index (χ3v) is 7.26. The zero-order valence-electron chi connectivity index (χ0n) is 18.0. The van der Waals surface area contributed by atoms with Crippen molar-refractivity contribution in [1.82, 2.24) is 9.47 Å². The third kappa shape index (κ3) is 3.74. The molecule has 0 atom stereocenters. The molecule has 158 valence electrons. The fourth-order valence-corrected chi connectivity index (χ4v) is 5.30. The number of piperazine rings is 1. The smallest absolute Gasteiger partial charge is 0.270 e. The van der Waals surface area contributed by atoms with Crippen LogP contribution in [-0.4, -0.2) is 41.6 Å². The molecule has 0 bridgehead atoms. The van der Waals surface area contributed by atoms with Crippen molar-refractivity contribution in [1.29, 1.82) is 0 Å². The lowest BCUT2D eigenvalue weighted by atomic mass is 10.1. The van der Waals surface area contributed by atoms with Crippen LogP contribution in [0.4, 0.5) is 5.69 Å². The van der Waals surface area contributed by atoms with Crippen molar-refractivity contribution in [2.45, 2.75) is 20.4 Å². The molecule has 4 aromatic rings. The Hall–Kier alpha value is -3.05. The Bertz CT molecular complexity index is 1220. The second kappa shape index (κ2) is 8.23. The molecule has 4 nitrogen and oxygen atoms in total. The summed E-state index contributed by atoms with van der Waals surface area (Å²) >= 11 is 1.70. The van der Waals surface area contributed by atoms with Gasteiger partial charge in [-0.05, 0) is 54.1 Å². The summed E-state index contributed by atoms with van der Waals surface area (Å²) in [7, 11) is 0. The van der Waals surface area contributed by atoms with Crippen LogP contribution in [0.5, 0.6) is 0 Å². The lowest BCUT2D eigenvalue weighted by Crippen LogP contribution is -2.49. The van der Waals surface area contributed by atoms with Crippen LogP contribution in [0.1, 0.15) is 27.2 Å². The average Bonchev–Trinajstić information content (AvgIpc) is 3.39. The van der Waals surface area contributed by atoms with Crippen molar-refractivity contribution in [3.8, 4) is 0 Å². The molecule has 1 aliphatic rings. The predicted octanol–water partition coefficient (Wildman–Crippen LogP) is 5.33. The van der Waals surface area contributed by atoms with Crippen molar-refractivity contribution in [2.75, 3.05) is 31.1 Å². The van der Waals surface area contributed by atoms with Crippen molar-refractivity contribution in [3.05, 3.63) is 88.4 Å². The van der Waals surface area contributed by atoms with Crippen molar-refractivity contribution in [2.24, 2.45) is 0 Å². The highest BCUT2D eigenvalue weighted by Crippen LogP contribution is 2.28. The monoisotopic (exact) mass is 429 g/mol. The Morgan fingerprint density at radius 1 is 0.935 bits per heavy atom. The molecule has 2 aromatic carbocycles. The Morgan fingerprint density at radius 3 is 2.48 bits per heavy atom. The maximum Gasteiger partial charge on any atom is 0.270 e. The number of anilines is 1. The van der Waals surface area contributed by atoms with E-state index in [-0.39, 0.29) is 5.91 Å². The standard InChI is InChI=1S/C26H27N3OS/c1-19-7-6-10-22(20(19)2)27-12-14-28(15-13-27)26(30)24-17-25-23(11-16-31-25)29(24)18-21-8-4-3-5-9-21/h3-11,16-17H,12-15,18H2,1-2H3. The molecule has 1 saturated heterocycles. The molecule has 0 radical (unpaired) electrons. The molecule has 0 N–H and O–H groups in total. The molecule has 0 unspecified atom stereocenters. The summed E-state index contributed by atoms with van der Waals surface area (Å²) in [4.78, 5) is 18.0. The van der Waals surface area contributed by atoms with Gasteiger partial charge in [-0.15, -0.1) is 11.3 Å². The van der Waals surface area contributed by atoms with Crippen LogP contribution >= 0.6 is 11.3 Å². The van der Waals surface area contributed by atoms with Gasteiger partial charge in [0.05, 0.1) is 10.2 Å². The van der Waals surface area contributed by atoms with Gasteiger partial charge in [0, 0.05) is 38.4 Å². The molecule has 1 amide bonds. The van der Waals surface area contributed by atoms with Gasteiger partial charge in [0.1, 0.15) is 5.69 Å². The molecule has 3 heterocycles. The quantitative estimate of drug-likeness (QED) is 0.439. The number of thiophene rings is 1. The summed E-state index contributed by atoms with van der Waals surface area (Å²) in [5.41, 5.74) is 7.09. The van der Waals surface area contributed by atoms with Crippen molar-refractivity contribution in [3.63, 3.8) is 0 Å². The van der Waals surface area contributed by atoms with Gasteiger partial charge in [-0.2, -0.15) is 0 Å². The van der Waals surface area contributed by atoms with E-state index in [1.54, 1.807) is 11.3 Å². The number of rotatable bonds is 4. The third-order valence-electron chi connectivity index (χ3n) is 6.41. The van der Waals surface area contributed by atoms with Gasteiger partial charge in [0.15, 0.2) is 0 Å². The number of benzene rings is 2. The SMILES string of the molecule is Cc1cccc(N2CCN(C(=O)c3cc4sccc4n3Cc3ccccc3)CC2)c1C. The van der Waals surface area contributed by atoms with Gasteiger partial charge in [-0.1, -0.05) is 42.5 Å². The Labute approximate surface area is 187 Å². The van der Waals surface area contributed by atoms with Gasteiger partial charge >= 0.3 is 0 Å². The first-order chi connectivity index (χ1) is 15.1. The molecule has 1 aliphatic heterocycles. The van der Waals surface area contributed by atoms with Gasteiger partial charge in [0.25, 0.3) is 5.91 Å². The van der Waals surface area contributed by atoms with Crippen LogP contribution in [-0.2, 0) is 6.54 Å². The zero-order valence-corrected chi connectivity index (χ0v) is 18.9. The average molecular weight is 430 g/mol. The number of aryl methyl sites for hydroxylation is 1. The predicted molar refractivity (Wildman–Crippen MR) is 129 cm³/mol. The van der Waals surface area contributed by atoms with Gasteiger partial charge < -0.3 is 14.4 Å². The summed E-state index contributed by atoms with van der Waals surface area (Å²) in [6, 6.07) is 21.0. The largest absolute Gasteiger partial charge is 0.368 e. The number of aromatic nitrogens is 1. The van der Waals surface area contributed by atoms with Crippen LogP contribution in [0.3, 0.4) is 0 Å². The molecular weight excluding hydrogens is 402 g/mol. The van der Waals surface area contributed by atoms with E-state index in [4.69, 9.17) is 0 Å². The topological polar surface area (TPSA) is 28.5 Å². The lowest BCUT2D eigenvalue weighted by Gasteiger charge is -2.37. The number of hydrogen-bond donors (Lipinski definition) is 0. The first-order valence-corrected chi connectivity index (χ1v) is 11.7. The first kappa shape index (κ1) is 19.9. The van der Waals surface area contributed by atoms with Crippen LogP contribution in [0.15, 0.2) is 66.0 Å². The lowest BCUT2D eigenvalue weighted by molar-refractivity contribution is 0.0737. The van der Waals surface area contributed by atoms with Crippen molar-refractivity contribution >= 4 is 33.1 Å². The maximum absolute atomic E-state index is 13.5. The highest BCUT2D eigenvalue weighted by molar-refractivity contribution is 7.17. The number of amides is 1. The van der Waals surface area contributed by atoms with E-state index in [1.165, 1.54) is 27.1 Å². The minimum atomic E-state index is 0.139. The number of nitrogens with zero attached hydrogens (tertiary/aromatic N) is 3. The van der Waals surface area contributed by atoms with Gasteiger partial charge in [-0.3, -0.25) is 4.79 Å².